The zero-order valence-corrected chi connectivity index (χ0v) is 19.1. The average Bonchev–Trinajstić information content (AvgIpc) is 2.70. The van der Waals surface area contributed by atoms with E-state index in [-0.39, 0.29) is 23.1 Å². The van der Waals surface area contributed by atoms with Crippen molar-refractivity contribution in [2.24, 2.45) is 51.9 Å². The Bertz CT molecular complexity index is 871. The van der Waals surface area contributed by atoms with Crippen LogP contribution >= 0.6 is 11.6 Å². The third kappa shape index (κ3) is 3.48. The largest absolute Gasteiger partial charge is 0.369 e. The second kappa shape index (κ2) is 7.48. The van der Waals surface area contributed by atoms with Crippen LogP contribution in [0.2, 0.25) is 5.02 Å². The number of carbonyl (C=O) groups is 2. The molecule has 1 aromatic rings. The number of nitrogens with two attached hydrogens (primary N) is 2. The van der Waals surface area contributed by atoms with E-state index < -0.39 is 5.41 Å². The molecular formula is C25H34ClN3O2. The molecule has 4 atom stereocenters. The number of halogens is 1. The number of benzene rings is 1. The summed E-state index contributed by atoms with van der Waals surface area (Å²) in [6, 6.07) is 7.94. The van der Waals surface area contributed by atoms with Crippen LogP contribution in [0.25, 0.3) is 0 Å². The fourth-order valence-electron chi connectivity index (χ4n) is 8.18. The summed E-state index contributed by atoms with van der Waals surface area (Å²) in [5.41, 5.74) is 12.3. The second-order valence-electron chi connectivity index (χ2n) is 11.2. The quantitative estimate of drug-likeness (QED) is 0.728. The Hall–Kier alpha value is -1.59. The highest BCUT2D eigenvalue weighted by atomic mass is 35.5. The Morgan fingerprint density at radius 3 is 2.29 bits per heavy atom. The molecule has 2 amide bonds. The number of rotatable bonds is 5. The van der Waals surface area contributed by atoms with Gasteiger partial charge in [0, 0.05) is 23.5 Å². The standard InChI is InChI=1S/C25H34ClN3O2/c1-24(22(27)30)14-29(13-15-2-4-19(26)5-3-15)7-6-20(24)21-17-8-16-9-18(21)12-25(10-16,11-17)23(28)31/h2-5,16-18,20-21H,6-14H2,1H3,(H2,27,30)(H2,28,31). The van der Waals surface area contributed by atoms with Gasteiger partial charge >= 0.3 is 0 Å². The number of likely N-dealkylation sites (tertiary alicyclic amines) is 1. The van der Waals surface area contributed by atoms with Gasteiger partial charge in [-0.2, -0.15) is 0 Å². The number of carbonyl (C=O) groups excluding carboxylic acids is 2. The lowest BCUT2D eigenvalue weighted by Gasteiger charge is -2.63. The minimum atomic E-state index is -0.551. The fourth-order valence-corrected chi connectivity index (χ4v) is 8.31. The molecule has 5 nitrogen and oxygen atoms in total. The van der Waals surface area contributed by atoms with E-state index in [1.807, 2.05) is 12.1 Å². The van der Waals surface area contributed by atoms with E-state index in [0.29, 0.717) is 30.2 Å². The van der Waals surface area contributed by atoms with Crippen LogP contribution in [0.4, 0.5) is 0 Å². The molecule has 168 valence electrons. The highest BCUT2D eigenvalue weighted by Gasteiger charge is 2.61. The van der Waals surface area contributed by atoms with Crippen molar-refractivity contribution < 1.29 is 9.59 Å². The molecule has 4 unspecified atom stereocenters. The first kappa shape index (κ1) is 21.3. The Labute approximate surface area is 189 Å². The summed E-state index contributed by atoms with van der Waals surface area (Å²) in [5.74, 6) is 2.13. The topological polar surface area (TPSA) is 89.4 Å². The van der Waals surface area contributed by atoms with Crippen LogP contribution < -0.4 is 11.5 Å². The van der Waals surface area contributed by atoms with Crippen molar-refractivity contribution in [3.05, 3.63) is 34.9 Å². The molecule has 0 spiro atoms. The monoisotopic (exact) mass is 443 g/mol. The van der Waals surface area contributed by atoms with Gasteiger partial charge in [0.05, 0.1) is 5.41 Å². The number of primary amides is 2. The lowest BCUT2D eigenvalue weighted by atomic mass is 9.42. The van der Waals surface area contributed by atoms with Crippen molar-refractivity contribution in [3.63, 3.8) is 0 Å². The third-order valence-corrected chi connectivity index (χ3v) is 9.59. The molecule has 1 aliphatic heterocycles. The van der Waals surface area contributed by atoms with Crippen molar-refractivity contribution >= 4 is 23.4 Å². The maximum atomic E-state index is 12.8. The zero-order chi connectivity index (χ0) is 22.0. The molecule has 6 heteroatoms. The molecule has 4 N–H and O–H groups in total. The Kier molecular flexibility index (Phi) is 5.13. The van der Waals surface area contributed by atoms with Gasteiger partial charge in [0.1, 0.15) is 0 Å². The van der Waals surface area contributed by atoms with E-state index in [4.69, 9.17) is 23.1 Å². The van der Waals surface area contributed by atoms with Gasteiger partial charge in [-0.1, -0.05) is 23.7 Å². The first-order chi connectivity index (χ1) is 14.7. The van der Waals surface area contributed by atoms with E-state index in [2.05, 4.69) is 24.0 Å². The molecule has 1 heterocycles. The predicted octanol–water partition coefficient (Wildman–Crippen LogP) is 3.58. The molecule has 1 saturated heterocycles. The number of hydrogen-bond donors (Lipinski definition) is 2. The maximum absolute atomic E-state index is 12.8. The Balaban J connectivity index is 1.37. The molecule has 4 bridgehead atoms. The lowest BCUT2D eigenvalue weighted by molar-refractivity contribution is -0.168. The van der Waals surface area contributed by atoms with Gasteiger partial charge in [0.15, 0.2) is 0 Å². The molecule has 0 aromatic heterocycles. The van der Waals surface area contributed by atoms with E-state index in [1.54, 1.807) is 0 Å². The van der Waals surface area contributed by atoms with Gasteiger partial charge in [-0.25, -0.2) is 0 Å². The fraction of sp³-hybridized carbons (Fsp3) is 0.680. The first-order valence-electron chi connectivity index (χ1n) is 11.8. The third-order valence-electron chi connectivity index (χ3n) is 9.34. The SMILES string of the molecule is CC1(C(N)=O)CN(Cc2ccc(Cl)cc2)CCC1C1C2CC3CC1CC(C(N)=O)(C3)C2. The van der Waals surface area contributed by atoms with Crippen molar-refractivity contribution in [2.45, 2.75) is 52.0 Å². The molecule has 1 aromatic carbocycles. The highest BCUT2D eigenvalue weighted by Crippen LogP contribution is 2.65. The van der Waals surface area contributed by atoms with Crippen LogP contribution in [0.1, 0.15) is 51.0 Å². The van der Waals surface area contributed by atoms with E-state index >= 15 is 0 Å². The molecule has 6 rings (SSSR count). The average molecular weight is 444 g/mol. The summed E-state index contributed by atoms with van der Waals surface area (Å²) in [5, 5.41) is 0.736. The van der Waals surface area contributed by atoms with Crippen LogP contribution in [-0.4, -0.2) is 29.8 Å². The molecule has 4 saturated carbocycles. The summed E-state index contributed by atoms with van der Waals surface area (Å²) < 4.78 is 0. The minimum absolute atomic E-state index is 0.0965. The summed E-state index contributed by atoms with van der Waals surface area (Å²) in [7, 11) is 0. The maximum Gasteiger partial charge on any atom is 0.224 e. The number of hydrogen-bond acceptors (Lipinski definition) is 3. The number of piperidine rings is 1. The van der Waals surface area contributed by atoms with E-state index in [0.717, 1.165) is 43.8 Å². The number of amides is 2. The molecule has 4 aliphatic carbocycles. The van der Waals surface area contributed by atoms with Gasteiger partial charge in [0.25, 0.3) is 0 Å². The minimum Gasteiger partial charge on any atom is -0.369 e. The van der Waals surface area contributed by atoms with Crippen molar-refractivity contribution in [1.82, 2.24) is 4.90 Å². The van der Waals surface area contributed by atoms with Crippen LogP contribution in [-0.2, 0) is 16.1 Å². The van der Waals surface area contributed by atoms with E-state index in [1.165, 1.54) is 18.4 Å². The highest BCUT2D eigenvalue weighted by molar-refractivity contribution is 6.30. The van der Waals surface area contributed by atoms with E-state index in [9.17, 15) is 9.59 Å². The molecule has 31 heavy (non-hydrogen) atoms. The molecule has 5 fully saturated rings. The van der Waals surface area contributed by atoms with Gasteiger partial charge in [-0.15, -0.1) is 0 Å². The smallest absolute Gasteiger partial charge is 0.224 e. The van der Waals surface area contributed by atoms with Gasteiger partial charge in [0.2, 0.25) is 11.8 Å². The zero-order valence-electron chi connectivity index (χ0n) is 18.4. The summed E-state index contributed by atoms with van der Waals surface area (Å²) in [6.45, 7) is 4.55. The predicted molar refractivity (Wildman–Crippen MR) is 121 cm³/mol. The summed E-state index contributed by atoms with van der Waals surface area (Å²) >= 11 is 6.03. The second-order valence-corrected chi connectivity index (χ2v) is 11.6. The number of nitrogens with zero attached hydrogens (tertiary/aromatic N) is 1. The molecular weight excluding hydrogens is 410 g/mol. The van der Waals surface area contributed by atoms with Crippen molar-refractivity contribution in [1.29, 1.82) is 0 Å². The Morgan fingerprint density at radius 1 is 1.06 bits per heavy atom. The lowest BCUT2D eigenvalue weighted by Crippen LogP contribution is -2.62. The normalized spacial score (nSPS) is 41.9. The van der Waals surface area contributed by atoms with Crippen molar-refractivity contribution in [2.75, 3.05) is 13.1 Å². The van der Waals surface area contributed by atoms with Crippen LogP contribution in [0.15, 0.2) is 24.3 Å². The summed E-state index contributed by atoms with van der Waals surface area (Å²) in [4.78, 5) is 27.5. The van der Waals surface area contributed by atoms with Crippen LogP contribution in [0.3, 0.4) is 0 Å². The summed E-state index contributed by atoms with van der Waals surface area (Å²) in [6.07, 6.45) is 6.18. The van der Waals surface area contributed by atoms with Crippen molar-refractivity contribution in [3.8, 4) is 0 Å². The molecule has 5 aliphatic rings. The first-order valence-corrected chi connectivity index (χ1v) is 12.1. The van der Waals surface area contributed by atoms with Gasteiger partial charge in [-0.3, -0.25) is 14.5 Å². The Morgan fingerprint density at radius 2 is 1.71 bits per heavy atom. The van der Waals surface area contributed by atoms with Gasteiger partial charge in [-0.05, 0) is 99.3 Å². The van der Waals surface area contributed by atoms with Crippen LogP contribution in [0.5, 0.6) is 0 Å². The van der Waals surface area contributed by atoms with Crippen LogP contribution in [0, 0.1) is 40.4 Å². The van der Waals surface area contributed by atoms with Gasteiger partial charge < -0.3 is 11.5 Å². The molecule has 0 radical (unpaired) electrons.